The second kappa shape index (κ2) is 5.83. The standard InChI is InChI=1S/C10H14FNO.ClH/c1-2-8(12)6-7-4-3-5-9(11)10(7)13;/h3-5,8,13H,2,6,12H2,1H3;1H. The van der Waals surface area contributed by atoms with E-state index in [-0.39, 0.29) is 24.2 Å². The predicted octanol–water partition coefficient (Wildman–Crippen LogP) is 2.23. The topological polar surface area (TPSA) is 46.2 Å². The lowest BCUT2D eigenvalue weighted by Crippen LogP contribution is -2.21. The van der Waals surface area contributed by atoms with Gasteiger partial charge in [-0.05, 0) is 24.5 Å². The minimum absolute atomic E-state index is 0. The van der Waals surface area contributed by atoms with Crippen molar-refractivity contribution >= 4 is 12.4 Å². The van der Waals surface area contributed by atoms with E-state index in [1.807, 2.05) is 6.92 Å². The summed E-state index contributed by atoms with van der Waals surface area (Å²) < 4.78 is 12.8. The fourth-order valence-electron chi connectivity index (χ4n) is 1.15. The molecule has 0 spiro atoms. The van der Waals surface area contributed by atoms with Crippen LogP contribution in [-0.2, 0) is 6.42 Å². The Bertz CT molecular complexity index is 293. The van der Waals surface area contributed by atoms with Crippen LogP contribution in [0.25, 0.3) is 0 Å². The molecule has 0 saturated carbocycles. The number of para-hydroxylation sites is 1. The zero-order chi connectivity index (χ0) is 9.84. The summed E-state index contributed by atoms with van der Waals surface area (Å²) in [7, 11) is 0. The first kappa shape index (κ1) is 13.2. The number of nitrogens with two attached hydrogens (primary N) is 1. The van der Waals surface area contributed by atoms with Gasteiger partial charge in [0.2, 0.25) is 0 Å². The van der Waals surface area contributed by atoms with Crippen molar-refractivity contribution in [1.29, 1.82) is 0 Å². The fourth-order valence-corrected chi connectivity index (χ4v) is 1.15. The third-order valence-corrected chi connectivity index (χ3v) is 2.08. The molecule has 1 aromatic carbocycles. The summed E-state index contributed by atoms with van der Waals surface area (Å²) >= 11 is 0. The van der Waals surface area contributed by atoms with Gasteiger partial charge in [0.05, 0.1) is 0 Å². The van der Waals surface area contributed by atoms with Crippen LogP contribution in [0.3, 0.4) is 0 Å². The minimum atomic E-state index is -0.583. The molecule has 1 unspecified atom stereocenters. The normalized spacial score (nSPS) is 11.9. The molecule has 0 fully saturated rings. The summed E-state index contributed by atoms with van der Waals surface area (Å²) in [6.07, 6.45) is 1.33. The van der Waals surface area contributed by atoms with Crippen molar-refractivity contribution in [2.75, 3.05) is 0 Å². The first-order valence-corrected chi connectivity index (χ1v) is 4.37. The van der Waals surface area contributed by atoms with E-state index in [0.29, 0.717) is 12.0 Å². The second-order valence-corrected chi connectivity index (χ2v) is 3.12. The highest BCUT2D eigenvalue weighted by molar-refractivity contribution is 5.85. The Morgan fingerprint density at radius 1 is 1.50 bits per heavy atom. The van der Waals surface area contributed by atoms with Crippen molar-refractivity contribution in [1.82, 2.24) is 0 Å². The Morgan fingerprint density at radius 3 is 2.71 bits per heavy atom. The van der Waals surface area contributed by atoms with Gasteiger partial charge in [-0.15, -0.1) is 12.4 Å². The zero-order valence-corrected chi connectivity index (χ0v) is 8.85. The molecule has 0 saturated heterocycles. The molecule has 2 nitrogen and oxygen atoms in total. The SMILES string of the molecule is CCC(N)Cc1cccc(F)c1O.Cl. The van der Waals surface area contributed by atoms with E-state index in [2.05, 4.69) is 0 Å². The van der Waals surface area contributed by atoms with Crippen LogP contribution in [0.15, 0.2) is 18.2 Å². The first-order valence-electron chi connectivity index (χ1n) is 4.37. The van der Waals surface area contributed by atoms with Crippen molar-refractivity contribution in [2.45, 2.75) is 25.8 Å². The molecule has 0 radical (unpaired) electrons. The van der Waals surface area contributed by atoms with Crippen molar-refractivity contribution in [3.8, 4) is 5.75 Å². The van der Waals surface area contributed by atoms with Gasteiger partial charge >= 0.3 is 0 Å². The van der Waals surface area contributed by atoms with Crippen LogP contribution in [0.1, 0.15) is 18.9 Å². The summed E-state index contributed by atoms with van der Waals surface area (Å²) in [4.78, 5) is 0. The number of phenolic OH excluding ortho intramolecular Hbond substituents is 1. The second-order valence-electron chi connectivity index (χ2n) is 3.12. The Labute approximate surface area is 89.3 Å². The van der Waals surface area contributed by atoms with Crippen LogP contribution in [0.2, 0.25) is 0 Å². The monoisotopic (exact) mass is 219 g/mol. The number of hydrogen-bond acceptors (Lipinski definition) is 2. The number of benzene rings is 1. The Morgan fingerprint density at radius 2 is 2.14 bits per heavy atom. The van der Waals surface area contributed by atoms with Crippen LogP contribution in [-0.4, -0.2) is 11.1 Å². The highest BCUT2D eigenvalue weighted by Gasteiger charge is 2.08. The molecule has 4 heteroatoms. The van der Waals surface area contributed by atoms with Gasteiger partial charge in [-0.2, -0.15) is 0 Å². The van der Waals surface area contributed by atoms with E-state index in [4.69, 9.17) is 5.73 Å². The fraction of sp³-hybridized carbons (Fsp3) is 0.400. The van der Waals surface area contributed by atoms with Gasteiger partial charge in [-0.3, -0.25) is 0 Å². The highest BCUT2D eigenvalue weighted by atomic mass is 35.5. The minimum Gasteiger partial charge on any atom is -0.505 e. The number of aromatic hydroxyl groups is 1. The van der Waals surface area contributed by atoms with Gasteiger partial charge in [0, 0.05) is 6.04 Å². The maximum Gasteiger partial charge on any atom is 0.165 e. The Balaban J connectivity index is 0.00000169. The van der Waals surface area contributed by atoms with Crippen molar-refractivity contribution in [2.24, 2.45) is 5.73 Å². The van der Waals surface area contributed by atoms with Crippen molar-refractivity contribution < 1.29 is 9.50 Å². The molecule has 0 aromatic heterocycles. The van der Waals surface area contributed by atoms with Crippen LogP contribution < -0.4 is 5.73 Å². The molecule has 1 atom stereocenters. The first-order chi connectivity index (χ1) is 6.15. The molecule has 3 N–H and O–H groups in total. The predicted molar refractivity (Wildman–Crippen MR) is 57.3 cm³/mol. The van der Waals surface area contributed by atoms with Crippen molar-refractivity contribution in [3.63, 3.8) is 0 Å². The van der Waals surface area contributed by atoms with Gasteiger partial charge < -0.3 is 10.8 Å². The lowest BCUT2D eigenvalue weighted by molar-refractivity contribution is 0.423. The van der Waals surface area contributed by atoms with E-state index < -0.39 is 5.82 Å². The summed E-state index contributed by atoms with van der Waals surface area (Å²) in [6, 6.07) is 4.48. The lowest BCUT2D eigenvalue weighted by atomic mass is 10.0. The summed E-state index contributed by atoms with van der Waals surface area (Å²) in [5.41, 5.74) is 6.27. The molecule has 1 aromatic rings. The molecule has 0 aliphatic rings. The van der Waals surface area contributed by atoms with Gasteiger partial charge in [-0.25, -0.2) is 4.39 Å². The Hall–Kier alpha value is -0.800. The van der Waals surface area contributed by atoms with E-state index in [1.165, 1.54) is 6.07 Å². The smallest absolute Gasteiger partial charge is 0.165 e. The summed E-state index contributed by atoms with van der Waals surface area (Å²) in [5.74, 6) is -0.854. The van der Waals surface area contributed by atoms with E-state index in [9.17, 15) is 9.50 Å². The highest BCUT2D eigenvalue weighted by Crippen LogP contribution is 2.21. The number of halogens is 2. The van der Waals surface area contributed by atoms with Crippen LogP contribution in [0.5, 0.6) is 5.75 Å². The maximum atomic E-state index is 12.8. The molecule has 14 heavy (non-hydrogen) atoms. The molecule has 80 valence electrons. The number of rotatable bonds is 3. The van der Waals surface area contributed by atoms with Gasteiger partial charge in [0.15, 0.2) is 11.6 Å². The van der Waals surface area contributed by atoms with Gasteiger partial charge in [0.1, 0.15) is 0 Å². The van der Waals surface area contributed by atoms with Gasteiger partial charge in [0.25, 0.3) is 0 Å². The van der Waals surface area contributed by atoms with Crippen molar-refractivity contribution in [3.05, 3.63) is 29.6 Å². The van der Waals surface area contributed by atoms with Crippen LogP contribution >= 0.6 is 12.4 Å². The summed E-state index contributed by atoms with van der Waals surface area (Å²) in [5, 5.41) is 9.31. The van der Waals surface area contributed by atoms with E-state index in [1.54, 1.807) is 12.1 Å². The molecule has 0 aliphatic heterocycles. The third kappa shape index (κ3) is 3.16. The average molecular weight is 220 g/mol. The maximum absolute atomic E-state index is 12.8. The average Bonchev–Trinajstić information content (AvgIpc) is 2.13. The zero-order valence-electron chi connectivity index (χ0n) is 8.03. The molecule has 0 heterocycles. The third-order valence-electron chi connectivity index (χ3n) is 2.08. The number of phenols is 1. The molecular formula is C10H15ClFNO. The van der Waals surface area contributed by atoms with E-state index >= 15 is 0 Å². The van der Waals surface area contributed by atoms with E-state index in [0.717, 1.165) is 6.42 Å². The number of hydrogen-bond donors (Lipinski definition) is 2. The molecule has 0 amide bonds. The lowest BCUT2D eigenvalue weighted by Gasteiger charge is -2.10. The molecule has 1 rings (SSSR count). The van der Waals surface area contributed by atoms with Gasteiger partial charge in [-0.1, -0.05) is 19.1 Å². The van der Waals surface area contributed by atoms with Crippen LogP contribution in [0.4, 0.5) is 4.39 Å². The van der Waals surface area contributed by atoms with Crippen LogP contribution in [0, 0.1) is 5.82 Å². The quantitative estimate of drug-likeness (QED) is 0.819. The largest absolute Gasteiger partial charge is 0.505 e. The molecule has 0 bridgehead atoms. The Kier molecular flexibility index (Phi) is 5.50. The summed E-state index contributed by atoms with van der Waals surface area (Å²) in [6.45, 7) is 1.96. The molecule has 0 aliphatic carbocycles. The molecular weight excluding hydrogens is 205 g/mol.